The Bertz CT molecular complexity index is 713. The Morgan fingerprint density at radius 3 is 2.44 bits per heavy atom. The van der Waals surface area contributed by atoms with Crippen LogP contribution in [0.2, 0.25) is 0 Å². The van der Waals surface area contributed by atoms with Gasteiger partial charge in [-0.05, 0) is 45.4 Å². The second kappa shape index (κ2) is 8.02. The zero-order valence-corrected chi connectivity index (χ0v) is 16.3. The van der Waals surface area contributed by atoms with Gasteiger partial charge in [-0.3, -0.25) is 4.79 Å². The number of ether oxygens (including phenoxy) is 1. The third kappa shape index (κ3) is 5.58. The Morgan fingerprint density at radius 1 is 1.08 bits per heavy atom. The number of fused-ring (bicyclic) bond motifs is 1. The van der Waals surface area contributed by atoms with Crippen LogP contribution < -0.4 is 4.74 Å². The lowest BCUT2D eigenvalue weighted by atomic mass is 9.89. The molecule has 0 aliphatic heterocycles. The van der Waals surface area contributed by atoms with E-state index in [1.54, 1.807) is 0 Å². The Hall–Kier alpha value is -1.85. The smallest absolute Gasteiger partial charge is 0.184 e. The average molecular weight is 345 g/mol. The molecule has 1 aromatic heterocycles. The highest BCUT2D eigenvalue weighted by atomic mass is 16.5. The van der Waals surface area contributed by atoms with E-state index in [1.165, 1.54) is 0 Å². The number of benzene rings is 1. The maximum absolute atomic E-state index is 12.4. The fourth-order valence-corrected chi connectivity index (χ4v) is 2.53. The molecule has 0 fully saturated rings. The zero-order valence-electron chi connectivity index (χ0n) is 16.3. The van der Waals surface area contributed by atoms with Gasteiger partial charge in [-0.15, -0.1) is 0 Å². The van der Waals surface area contributed by atoms with Crippen LogP contribution in [0.3, 0.4) is 0 Å². The number of aromatic amines is 1. The van der Waals surface area contributed by atoms with Gasteiger partial charge >= 0.3 is 0 Å². The molecule has 0 aliphatic rings. The van der Waals surface area contributed by atoms with E-state index in [9.17, 15) is 4.79 Å². The molecule has 1 heterocycles. The van der Waals surface area contributed by atoms with Crippen LogP contribution in [-0.2, 0) is 0 Å². The molecule has 0 radical (unpaired) electrons. The third-order valence-electron chi connectivity index (χ3n) is 4.19. The monoisotopic (exact) mass is 345 g/mol. The van der Waals surface area contributed by atoms with Gasteiger partial charge in [0, 0.05) is 36.0 Å². The SMILES string of the molecule is CN(C)CCN(C)CCOc1ccc2[nH]c(C(=O)C(C)(C)C)cc2c1. The van der Waals surface area contributed by atoms with Crippen molar-refractivity contribution in [2.75, 3.05) is 47.4 Å². The normalized spacial score (nSPS) is 12.3. The minimum Gasteiger partial charge on any atom is -0.492 e. The lowest BCUT2D eigenvalue weighted by Gasteiger charge is -2.19. The van der Waals surface area contributed by atoms with E-state index in [2.05, 4.69) is 35.9 Å². The highest BCUT2D eigenvalue weighted by Gasteiger charge is 2.24. The summed E-state index contributed by atoms with van der Waals surface area (Å²) in [6.45, 7) is 9.38. The van der Waals surface area contributed by atoms with Crippen LogP contribution in [0.25, 0.3) is 10.9 Å². The maximum Gasteiger partial charge on any atom is 0.184 e. The lowest BCUT2D eigenvalue weighted by Crippen LogP contribution is -2.31. The van der Waals surface area contributed by atoms with Gasteiger partial charge < -0.3 is 19.5 Å². The highest BCUT2D eigenvalue weighted by Crippen LogP contribution is 2.26. The predicted molar refractivity (Wildman–Crippen MR) is 104 cm³/mol. The van der Waals surface area contributed by atoms with Gasteiger partial charge in [0.1, 0.15) is 12.4 Å². The summed E-state index contributed by atoms with van der Waals surface area (Å²) in [6, 6.07) is 7.83. The quantitative estimate of drug-likeness (QED) is 0.746. The van der Waals surface area contributed by atoms with E-state index in [4.69, 9.17) is 4.74 Å². The molecule has 5 heteroatoms. The van der Waals surface area contributed by atoms with Crippen molar-refractivity contribution in [3.8, 4) is 5.75 Å². The summed E-state index contributed by atoms with van der Waals surface area (Å²) >= 11 is 0. The number of hydrogen-bond donors (Lipinski definition) is 1. The minimum absolute atomic E-state index is 0.119. The minimum atomic E-state index is -0.392. The Morgan fingerprint density at radius 2 is 1.80 bits per heavy atom. The van der Waals surface area contributed by atoms with E-state index in [0.717, 1.165) is 36.3 Å². The number of carbonyl (C=O) groups excluding carboxylic acids is 1. The zero-order chi connectivity index (χ0) is 18.6. The van der Waals surface area contributed by atoms with E-state index in [-0.39, 0.29) is 5.78 Å². The van der Waals surface area contributed by atoms with Gasteiger partial charge in [0.05, 0.1) is 5.69 Å². The van der Waals surface area contributed by atoms with E-state index in [0.29, 0.717) is 12.3 Å². The Labute approximate surface area is 150 Å². The maximum atomic E-state index is 12.4. The van der Waals surface area contributed by atoms with Gasteiger partial charge in [-0.2, -0.15) is 0 Å². The number of nitrogens with zero attached hydrogens (tertiary/aromatic N) is 2. The number of likely N-dealkylation sites (N-methyl/N-ethyl adjacent to an activating group) is 2. The largest absolute Gasteiger partial charge is 0.492 e. The number of Topliss-reactive ketones (excluding diaryl/α,β-unsaturated/α-hetero) is 1. The first-order valence-corrected chi connectivity index (χ1v) is 8.80. The van der Waals surface area contributed by atoms with Gasteiger partial charge in [0.15, 0.2) is 5.78 Å². The van der Waals surface area contributed by atoms with Crippen molar-refractivity contribution in [1.29, 1.82) is 0 Å². The molecule has 0 atom stereocenters. The van der Waals surface area contributed by atoms with Crippen LogP contribution in [-0.4, -0.2) is 68.0 Å². The van der Waals surface area contributed by atoms with Crippen molar-refractivity contribution in [2.45, 2.75) is 20.8 Å². The molecule has 5 nitrogen and oxygen atoms in total. The fourth-order valence-electron chi connectivity index (χ4n) is 2.53. The molecule has 138 valence electrons. The van der Waals surface area contributed by atoms with Crippen LogP contribution in [0.4, 0.5) is 0 Å². The van der Waals surface area contributed by atoms with Crippen LogP contribution in [0.5, 0.6) is 5.75 Å². The standard InChI is InChI=1S/C20H31N3O2/c1-20(2,3)19(24)18-14-15-13-16(7-8-17(15)21-18)25-12-11-23(6)10-9-22(4)5/h7-8,13-14,21H,9-12H2,1-6H3. The van der Waals surface area contributed by atoms with Crippen molar-refractivity contribution in [3.05, 3.63) is 30.0 Å². The van der Waals surface area contributed by atoms with Crippen molar-refractivity contribution < 1.29 is 9.53 Å². The molecule has 1 aromatic carbocycles. The summed E-state index contributed by atoms with van der Waals surface area (Å²) in [5.41, 5.74) is 1.23. The summed E-state index contributed by atoms with van der Waals surface area (Å²) in [7, 11) is 6.26. The van der Waals surface area contributed by atoms with E-state index in [1.807, 2.05) is 45.0 Å². The van der Waals surface area contributed by atoms with E-state index < -0.39 is 5.41 Å². The summed E-state index contributed by atoms with van der Waals surface area (Å²) in [5, 5.41) is 1.01. The van der Waals surface area contributed by atoms with Crippen molar-refractivity contribution in [2.24, 2.45) is 5.41 Å². The van der Waals surface area contributed by atoms with Crippen molar-refractivity contribution in [1.82, 2.24) is 14.8 Å². The average Bonchev–Trinajstić information content (AvgIpc) is 2.94. The third-order valence-corrected chi connectivity index (χ3v) is 4.19. The molecule has 0 unspecified atom stereocenters. The van der Waals surface area contributed by atoms with Crippen molar-refractivity contribution >= 4 is 16.7 Å². The molecule has 2 rings (SSSR count). The Kier molecular flexibility index (Phi) is 6.25. The summed E-state index contributed by atoms with van der Waals surface area (Å²) in [4.78, 5) is 20.1. The topological polar surface area (TPSA) is 48.6 Å². The predicted octanol–water partition coefficient (Wildman–Crippen LogP) is 3.27. The van der Waals surface area contributed by atoms with Gasteiger partial charge in [-0.25, -0.2) is 0 Å². The molecule has 25 heavy (non-hydrogen) atoms. The van der Waals surface area contributed by atoms with Gasteiger partial charge in [-0.1, -0.05) is 20.8 Å². The molecule has 0 spiro atoms. The highest BCUT2D eigenvalue weighted by molar-refractivity contribution is 6.02. The molecule has 0 saturated heterocycles. The number of aromatic nitrogens is 1. The van der Waals surface area contributed by atoms with Crippen LogP contribution in [0.15, 0.2) is 24.3 Å². The van der Waals surface area contributed by atoms with Crippen LogP contribution in [0, 0.1) is 5.41 Å². The van der Waals surface area contributed by atoms with Gasteiger partial charge in [0.25, 0.3) is 0 Å². The molecule has 1 N–H and O–H groups in total. The first-order chi connectivity index (χ1) is 11.7. The summed E-state index contributed by atoms with van der Waals surface area (Å²) < 4.78 is 5.87. The fraction of sp³-hybridized carbons (Fsp3) is 0.550. The number of carbonyl (C=O) groups is 1. The first-order valence-electron chi connectivity index (χ1n) is 8.80. The first kappa shape index (κ1) is 19.5. The molecule has 0 saturated carbocycles. The molecular weight excluding hydrogens is 314 g/mol. The Balaban J connectivity index is 1.96. The van der Waals surface area contributed by atoms with Crippen molar-refractivity contribution in [3.63, 3.8) is 0 Å². The van der Waals surface area contributed by atoms with E-state index >= 15 is 0 Å². The number of nitrogens with one attached hydrogen (secondary N) is 1. The summed E-state index contributed by atoms with van der Waals surface area (Å²) in [6.07, 6.45) is 0. The number of ketones is 1. The van der Waals surface area contributed by atoms with Crippen LogP contribution in [0.1, 0.15) is 31.3 Å². The number of H-pyrrole nitrogens is 1. The number of hydrogen-bond acceptors (Lipinski definition) is 4. The van der Waals surface area contributed by atoms with Crippen LogP contribution >= 0.6 is 0 Å². The summed E-state index contributed by atoms with van der Waals surface area (Å²) in [5.74, 6) is 0.955. The molecule has 0 aliphatic carbocycles. The second-order valence-corrected chi connectivity index (χ2v) is 7.97. The molecular formula is C20H31N3O2. The lowest BCUT2D eigenvalue weighted by molar-refractivity contribution is 0.0854. The molecule has 0 amide bonds. The second-order valence-electron chi connectivity index (χ2n) is 7.97. The number of rotatable bonds is 8. The molecule has 2 aromatic rings. The van der Waals surface area contributed by atoms with Gasteiger partial charge in [0.2, 0.25) is 0 Å². The molecule has 0 bridgehead atoms.